The number of amides is 1. The van der Waals surface area contributed by atoms with Crippen LogP contribution in [0.5, 0.6) is 0 Å². The molecule has 1 aliphatic rings. The Hall–Kier alpha value is -1.70. The fraction of sp³-hybridized carbons (Fsp3) is 0.273. The van der Waals surface area contributed by atoms with Crippen molar-refractivity contribution in [1.82, 2.24) is 4.90 Å². The Bertz CT molecular complexity index is 529. The summed E-state index contributed by atoms with van der Waals surface area (Å²) >= 11 is 1.22. The third kappa shape index (κ3) is 2.53. The maximum atomic E-state index is 13.0. The van der Waals surface area contributed by atoms with E-state index in [2.05, 4.69) is 0 Å². The van der Waals surface area contributed by atoms with Crippen LogP contribution in [-0.2, 0) is 4.79 Å². The molecule has 4 nitrogen and oxygen atoms in total. The summed E-state index contributed by atoms with van der Waals surface area (Å²) in [6.07, 6.45) is 0. The molecular formula is C11H8F3NO3S. The molecule has 1 heterocycles. The van der Waals surface area contributed by atoms with Crippen LogP contribution >= 0.6 is 11.8 Å². The van der Waals surface area contributed by atoms with E-state index in [1.54, 1.807) is 0 Å². The van der Waals surface area contributed by atoms with Crippen LogP contribution in [0.25, 0.3) is 0 Å². The predicted octanol–water partition coefficient (Wildman–Crippen LogP) is 1.70. The smallest absolute Gasteiger partial charge is 0.327 e. The quantitative estimate of drug-likeness (QED) is 0.843. The summed E-state index contributed by atoms with van der Waals surface area (Å²) < 4.78 is 38.9. The first kappa shape index (κ1) is 13.7. The molecule has 1 unspecified atom stereocenters. The van der Waals surface area contributed by atoms with Gasteiger partial charge in [0.2, 0.25) is 0 Å². The molecule has 0 saturated carbocycles. The van der Waals surface area contributed by atoms with Crippen LogP contribution in [0, 0.1) is 17.5 Å². The fourth-order valence-electron chi connectivity index (χ4n) is 1.69. The number of hydrogen-bond acceptors (Lipinski definition) is 3. The lowest BCUT2D eigenvalue weighted by Gasteiger charge is -2.20. The number of carboxylic acid groups (broad SMARTS) is 1. The van der Waals surface area contributed by atoms with E-state index in [1.165, 1.54) is 11.8 Å². The molecule has 0 radical (unpaired) electrons. The van der Waals surface area contributed by atoms with Gasteiger partial charge in [0.1, 0.15) is 6.04 Å². The van der Waals surface area contributed by atoms with E-state index in [0.717, 1.165) is 4.90 Å². The Morgan fingerprint density at radius 3 is 2.37 bits per heavy atom. The molecule has 1 N–H and O–H groups in total. The largest absolute Gasteiger partial charge is 0.480 e. The van der Waals surface area contributed by atoms with Crippen molar-refractivity contribution in [3.05, 3.63) is 35.1 Å². The molecule has 0 aliphatic carbocycles. The monoisotopic (exact) mass is 291 g/mol. The number of benzene rings is 1. The summed E-state index contributed by atoms with van der Waals surface area (Å²) in [7, 11) is 0. The molecule has 102 valence electrons. The maximum Gasteiger partial charge on any atom is 0.327 e. The standard InChI is InChI=1S/C11H8F3NO3S/c12-6-1-5(2-7(13)9(6)14)10(16)15-4-19-3-8(15)11(17)18/h1-2,8H,3-4H2,(H,17,18). The molecule has 19 heavy (non-hydrogen) atoms. The van der Waals surface area contributed by atoms with E-state index in [0.29, 0.717) is 12.1 Å². The Labute approximate surface area is 110 Å². The van der Waals surface area contributed by atoms with Crippen molar-refractivity contribution in [2.24, 2.45) is 0 Å². The summed E-state index contributed by atoms with van der Waals surface area (Å²) in [5.41, 5.74) is -0.412. The number of carboxylic acids is 1. The van der Waals surface area contributed by atoms with E-state index < -0.39 is 40.9 Å². The van der Waals surface area contributed by atoms with Crippen LogP contribution in [0.4, 0.5) is 13.2 Å². The Balaban J connectivity index is 2.32. The first-order valence-corrected chi connectivity index (χ1v) is 6.33. The van der Waals surface area contributed by atoms with Crippen LogP contribution in [0.1, 0.15) is 10.4 Å². The SMILES string of the molecule is O=C(O)C1CSCN1C(=O)c1cc(F)c(F)c(F)c1. The van der Waals surface area contributed by atoms with Gasteiger partial charge < -0.3 is 10.0 Å². The van der Waals surface area contributed by atoms with Crippen molar-refractivity contribution in [3.63, 3.8) is 0 Å². The second-order valence-corrected chi connectivity index (χ2v) is 4.88. The number of rotatable bonds is 2. The Kier molecular flexibility index (Phi) is 3.70. The number of halogens is 3. The van der Waals surface area contributed by atoms with Gasteiger partial charge in [-0.05, 0) is 12.1 Å². The second-order valence-electron chi connectivity index (χ2n) is 3.88. The minimum Gasteiger partial charge on any atom is -0.480 e. The third-order valence-corrected chi connectivity index (χ3v) is 3.67. The van der Waals surface area contributed by atoms with Gasteiger partial charge in [-0.2, -0.15) is 0 Å². The summed E-state index contributed by atoms with van der Waals surface area (Å²) in [5.74, 6) is -6.35. The van der Waals surface area contributed by atoms with Gasteiger partial charge in [0.25, 0.3) is 5.91 Å². The first-order valence-electron chi connectivity index (χ1n) is 5.18. The molecule has 1 fully saturated rings. The molecule has 1 saturated heterocycles. The van der Waals surface area contributed by atoms with E-state index in [9.17, 15) is 22.8 Å². The minimum atomic E-state index is -1.66. The molecule has 0 aromatic heterocycles. The number of nitrogens with zero attached hydrogens (tertiary/aromatic N) is 1. The average molecular weight is 291 g/mol. The zero-order valence-electron chi connectivity index (χ0n) is 9.40. The highest BCUT2D eigenvalue weighted by Crippen LogP contribution is 2.24. The summed E-state index contributed by atoms with van der Waals surface area (Å²) in [6.45, 7) is 0. The van der Waals surface area contributed by atoms with E-state index in [-0.39, 0.29) is 11.6 Å². The zero-order valence-corrected chi connectivity index (χ0v) is 10.2. The number of hydrogen-bond donors (Lipinski definition) is 1. The van der Waals surface area contributed by atoms with Gasteiger partial charge in [-0.15, -0.1) is 11.8 Å². The lowest BCUT2D eigenvalue weighted by atomic mass is 10.1. The van der Waals surface area contributed by atoms with Crippen molar-refractivity contribution < 1.29 is 27.9 Å². The highest BCUT2D eigenvalue weighted by molar-refractivity contribution is 7.99. The average Bonchev–Trinajstić information content (AvgIpc) is 2.83. The van der Waals surface area contributed by atoms with E-state index >= 15 is 0 Å². The first-order chi connectivity index (χ1) is 8.91. The molecule has 1 aromatic carbocycles. The molecule has 1 amide bonds. The molecule has 1 aliphatic heterocycles. The number of carbonyl (C=O) groups is 2. The summed E-state index contributed by atoms with van der Waals surface area (Å²) in [5, 5.41) is 8.92. The van der Waals surface area contributed by atoms with E-state index in [1.807, 2.05) is 0 Å². The minimum absolute atomic E-state index is 0.108. The van der Waals surface area contributed by atoms with Crippen LogP contribution in [0.3, 0.4) is 0 Å². The van der Waals surface area contributed by atoms with Crippen LogP contribution in [0.2, 0.25) is 0 Å². The van der Waals surface area contributed by atoms with Gasteiger partial charge in [0, 0.05) is 11.3 Å². The Morgan fingerprint density at radius 2 is 1.84 bits per heavy atom. The Morgan fingerprint density at radius 1 is 1.26 bits per heavy atom. The van der Waals surface area contributed by atoms with Crippen molar-refractivity contribution in [2.45, 2.75) is 6.04 Å². The number of aliphatic carboxylic acids is 1. The summed E-state index contributed by atoms with van der Waals surface area (Å²) in [6, 6.07) is 0.0688. The molecule has 0 spiro atoms. The van der Waals surface area contributed by atoms with Gasteiger partial charge >= 0.3 is 5.97 Å². The second kappa shape index (κ2) is 5.12. The number of thioether (sulfide) groups is 1. The topological polar surface area (TPSA) is 57.6 Å². The fourth-order valence-corrected chi connectivity index (χ4v) is 2.84. The lowest BCUT2D eigenvalue weighted by molar-refractivity contribution is -0.140. The van der Waals surface area contributed by atoms with Gasteiger partial charge in [0.15, 0.2) is 17.5 Å². The molecule has 8 heteroatoms. The van der Waals surface area contributed by atoms with E-state index in [4.69, 9.17) is 5.11 Å². The van der Waals surface area contributed by atoms with Crippen LogP contribution < -0.4 is 0 Å². The zero-order chi connectivity index (χ0) is 14.2. The maximum absolute atomic E-state index is 13.0. The number of carbonyl (C=O) groups excluding carboxylic acids is 1. The highest BCUT2D eigenvalue weighted by atomic mass is 32.2. The lowest BCUT2D eigenvalue weighted by Crippen LogP contribution is -2.41. The highest BCUT2D eigenvalue weighted by Gasteiger charge is 2.35. The van der Waals surface area contributed by atoms with Gasteiger partial charge in [-0.25, -0.2) is 18.0 Å². The van der Waals surface area contributed by atoms with Gasteiger partial charge in [0.05, 0.1) is 5.88 Å². The van der Waals surface area contributed by atoms with Crippen molar-refractivity contribution >= 4 is 23.6 Å². The van der Waals surface area contributed by atoms with Crippen LogP contribution in [0.15, 0.2) is 12.1 Å². The molecule has 1 atom stereocenters. The molecule has 1 aromatic rings. The molecule has 0 bridgehead atoms. The van der Waals surface area contributed by atoms with Gasteiger partial charge in [-0.1, -0.05) is 0 Å². The van der Waals surface area contributed by atoms with Crippen molar-refractivity contribution in [3.8, 4) is 0 Å². The predicted molar refractivity (Wildman–Crippen MR) is 61.2 cm³/mol. The molecule has 2 rings (SSSR count). The van der Waals surface area contributed by atoms with Crippen molar-refractivity contribution in [1.29, 1.82) is 0 Å². The normalized spacial score (nSPS) is 18.7. The van der Waals surface area contributed by atoms with Crippen LogP contribution in [-0.4, -0.2) is 39.6 Å². The van der Waals surface area contributed by atoms with Gasteiger partial charge in [-0.3, -0.25) is 4.79 Å². The summed E-state index contributed by atoms with van der Waals surface area (Å²) in [4.78, 5) is 23.9. The third-order valence-electron chi connectivity index (χ3n) is 2.66. The molecular weight excluding hydrogens is 283 g/mol. The van der Waals surface area contributed by atoms with Crippen molar-refractivity contribution in [2.75, 3.05) is 11.6 Å².